The lowest BCUT2D eigenvalue weighted by Gasteiger charge is -2.36. The molecule has 3 rings (SSSR count). The number of para-hydroxylation sites is 1. The van der Waals surface area contributed by atoms with Crippen molar-refractivity contribution in [2.45, 2.75) is 0 Å². The fourth-order valence-corrected chi connectivity index (χ4v) is 3.44. The number of carbonyl (C=O) groups is 1. The third-order valence-corrected chi connectivity index (χ3v) is 4.97. The first kappa shape index (κ1) is 14.2. The van der Waals surface area contributed by atoms with Gasteiger partial charge in [-0.05, 0) is 12.1 Å². The zero-order valence-electron chi connectivity index (χ0n) is 11.7. The van der Waals surface area contributed by atoms with Gasteiger partial charge in [0.05, 0.1) is 17.6 Å². The fraction of sp³-hybridized carbons (Fsp3) is 0.462. The summed E-state index contributed by atoms with van der Waals surface area (Å²) in [5.41, 5.74) is 1.55. The van der Waals surface area contributed by atoms with Crippen LogP contribution in [-0.4, -0.2) is 57.7 Å². The molecule has 0 bridgehead atoms. The number of hydrogen-bond donors (Lipinski definition) is 1. The Labute approximate surface area is 123 Å². The van der Waals surface area contributed by atoms with Gasteiger partial charge in [0.25, 0.3) is 5.91 Å². The molecule has 2 heterocycles. The Morgan fingerprint density at radius 2 is 1.90 bits per heavy atom. The normalized spacial score (nSPS) is 19.7. The fourth-order valence-electron chi connectivity index (χ4n) is 2.61. The van der Waals surface area contributed by atoms with Gasteiger partial charge in [-0.25, -0.2) is 8.42 Å². The molecule has 1 saturated heterocycles. The number of benzene rings is 1. The molecule has 1 amide bonds. The molecule has 8 heteroatoms. The highest BCUT2D eigenvalue weighted by molar-refractivity contribution is 7.88. The van der Waals surface area contributed by atoms with Crippen molar-refractivity contribution in [2.75, 3.05) is 49.3 Å². The van der Waals surface area contributed by atoms with E-state index in [1.165, 1.54) is 10.6 Å². The van der Waals surface area contributed by atoms with Crippen molar-refractivity contribution < 1.29 is 17.9 Å². The maximum absolute atomic E-state index is 11.5. The molecule has 2 aliphatic heterocycles. The van der Waals surface area contributed by atoms with E-state index in [1.54, 1.807) is 6.07 Å². The van der Waals surface area contributed by atoms with Gasteiger partial charge in [-0.3, -0.25) is 4.79 Å². The summed E-state index contributed by atoms with van der Waals surface area (Å²) in [6.45, 7) is 2.11. The SMILES string of the molecule is CS(=O)(=O)N1CCN(c2cccc3c2OCC(=O)N3)CC1. The monoisotopic (exact) mass is 311 g/mol. The average molecular weight is 311 g/mol. The van der Waals surface area contributed by atoms with Crippen molar-refractivity contribution in [3.05, 3.63) is 18.2 Å². The van der Waals surface area contributed by atoms with Crippen LogP contribution in [0.25, 0.3) is 0 Å². The predicted molar refractivity (Wildman–Crippen MR) is 79.2 cm³/mol. The highest BCUT2D eigenvalue weighted by Crippen LogP contribution is 2.38. The number of carbonyl (C=O) groups excluding carboxylic acids is 1. The van der Waals surface area contributed by atoms with Crippen LogP contribution in [0.4, 0.5) is 11.4 Å². The van der Waals surface area contributed by atoms with Crippen molar-refractivity contribution in [2.24, 2.45) is 0 Å². The van der Waals surface area contributed by atoms with Gasteiger partial charge in [0.1, 0.15) is 0 Å². The largest absolute Gasteiger partial charge is 0.479 e. The topological polar surface area (TPSA) is 79.0 Å². The smallest absolute Gasteiger partial charge is 0.262 e. The van der Waals surface area contributed by atoms with E-state index in [0.717, 1.165) is 5.69 Å². The Bertz CT molecular complexity index is 666. The number of hydrogen-bond acceptors (Lipinski definition) is 5. The average Bonchev–Trinajstić information content (AvgIpc) is 2.45. The first-order chi connectivity index (χ1) is 9.95. The van der Waals surface area contributed by atoms with Gasteiger partial charge in [-0.2, -0.15) is 4.31 Å². The van der Waals surface area contributed by atoms with E-state index < -0.39 is 10.0 Å². The maximum atomic E-state index is 11.5. The second-order valence-electron chi connectivity index (χ2n) is 5.14. The summed E-state index contributed by atoms with van der Waals surface area (Å²) in [7, 11) is -3.14. The standard InChI is InChI=1S/C13H17N3O4S/c1-21(18,19)16-7-5-15(6-8-16)11-4-2-3-10-13(11)20-9-12(17)14-10/h2-4H,5-9H2,1H3,(H,14,17). The van der Waals surface area contributed by atoms with Crippen molar-refractivity contribution >= 4 is 27.3 Å². The maximum Gasteiger partial charge on any atom is 0.262 e. The van der Waals surface area contributed by atoms with Crippen LogP contribution in [0.15, 0.2) is 18.2 Å². The molecule has 1 aromatic rings. The number of rotatable bonds is 2. The molecule has 0 aromatic heterocycles. The Kier molecular flexibility index (Phi) is 3.50. The highest BCUT2D eigenvalue weighted by Gasteiger charge is 2.27. The van der Waals surface area contributed by atoms with Gasteiger partial charge in [-0.1, -0.05) is 6.07 Å². The van der Waals surface area contributed by atoms with Gasteiger partial charge >= 0.3 is 0 Å². The van der Waals surface area contributed by atoms with Crippen molar-refractivity contribution in [1.82, 2.24) is 4.31 Å². The number of amides is 1. The van der Waals surface area contributed by atoms with E-state index in [1.807, 2.05) is 12.1 Å². The number of fused-ring (bicyclic) bond motifs is 1. The van der Waals surface area contributed by atoms with E-state index in [2.05, 4.69) is 10.2 Å². The van der Waals surface area contributed by atoms with Crippen LogP contribution in [0.2, 0.25) is 0 Å². The number of sulfonamides is 1. The number of nitrogens with zero attached hydrogens (tertiary/aromatic N) is 2. The molecule has 1 aromatic carbocycles. The van der Waals surface area contributed by atoms with Crippen molar-refractivity contribution in [3.63, 3.8) is 0 Å². The lowest BCUT2D eigenvalue weighted by atomic mass is 10.2. The van der Waals surface area contributed by atoms with Crippen LogP contribution in [0.3, 0.4) is 0 Å². The molecule has 7 nitrogen and oxygen atoms in total. The predicted octanol–water partition coefficient (Wildman–Crippen LogP) is 0.0991. The van der Waals surface area contributed by atoms with E-state index in [4.69, 9.17) is 4.74 Å². The molecule has 2 aliphatic rings. The molecular formula is C13H17N3O4S. The molecule has 0 saturated carbocycles. The quantitative estimate of drug-likeness (QED) is 0.838. The van der Waals surface area contributed by atoms with Gasteiger partial charge < -0.3 is 15.0 Å². The first-order valence-electron chi connectivity index (χ1n) is 6.71. The zero-order chi connectivity index (χ0) is 15.0. The molecular weight excluding hydrogens is 294 g/mol. The van der Waals surface area contributed by atoms with E-state index in [0.29, 0.717) is 37.6 Å². The van der Waals surface area contributed by atoms with Crippen LogP contribution in [0.5, 0.6) is 5.75 Å². The summed E-state index contributed by atoms with van der Waals surface area (Å²) in [5.74, 6) is 0.492. The summed E-state index contributed by atoms with van der Waals surface area (Å²) in [6, 6.07) is 5.57. The molecule has 0 aliphatic carbocycles. The third-order valence-electron chi connectivity index (χ3n) is 3.66. The van der Waals surface area contributed by atoms with Gasteiger partial charge in [0, 0.05) is 26.2 Å². The van der Waals surface area contributed by atoms with Crippen LogP contribution in [0.1, 0.15) is 0 Å². The highest BCUT2D eigenvalue weighted by atomic mass is 32.2. The van der Waals surface area contributed by atoms with Crippen LogP contribution >= 0.6 is 0 Å². The van der Waals surface area contributed by atoms with E-state index >= 15 is 0 Å². The number of anilines is 2. The van der Waals surface area contributed by atoms with Crippen LogP contribution in [0, 0.1) is 0 Å². The first-order valence-corrected chi connectivity index (χ1v) is 8.56. The zero-order valence-corrected chi connectivity index (χ0v) is 12.5. The Morgan fingerprint density at radius 3 is 2.57 bits per heavy atom. The van der Waals surface area contributed by atoms with Crippen molar-refractivity contribution in [1.29, 1.82) is 0 Å². The minimum atomic E-state index is -3.14. The minimum Gasteiger partial charge on any atom is -0.479 e. The summed E-state index contributed by atoms with van der Waals surface area (Å²) >= 11 is 0. The molecule has 21 heavy (non-hydrogen) atoms. The molecule has 1 fully saturated rings. The number of nitrogens with one attached hydrogen (secondary N) is 1. The lowest BCUT2D eigenvalue weighted by Crippen LogP contribution is -2.48. The lowest BCUT2D eigenvalue weighted by molar-refractivity contribution is -0.118. The van der Waals surface area contributed by atoms with Crippen LogP contribution in [-0.2, 0) is 14.8 Å². The van der Waals surface area contributed by atoms with E-state index in [-0.39, 0.29) is 12.5 Å². The van der Waals surface area contributed by atoms with Gasteiger partial charge in [0.2, 0.25) is 10.0 Å². The molecule has 0 unspecified atom stereocenters. The molecule has 0 radical (unpaired) electrons. The summed E-state index contributed by atoms with van der Waals surface area (Å²) in [6.07, 6.45) is 1.23. The molecule has 0 atom stereocenters. The Balaban J connectivity index is 1.80. The minimum absolute atomic E-state index is 0.00726. The van der Waals surface area contributed by atoms with Gasteiger partial charge in [-0.15, -0.1) is 0 Å². The summed E-state index contributed by atoms with van der Waals surface area (Å²) in [5, 5.41) is 2.78. The summed E-state index contributed by atoms with van der Waals surface area (Å²) in [4.78, 5) is 13.4. The van der Waals surface area contributed by atoms with Crippen LogP contribution < -0.4 is 15.0 Å². The number of ether oxygens (including phenoxy) is 1. The Hall–Kier alpha value is -1.80. The van der Waals surface area contributed by atoms with Gasteiger partial charge in [0.15, 0.2) is 12.4 Å². The second-order valence-corrected chi connectivity index (χ2v) is 7.12. The molecule has 0 spiro atoms. The van der Waals surface area contributed by atoms with Crippen molar-refractivity contribution in [3.8, 4) is 5.75 Å². The second kappa shape index (κ2) is 5.19. The Morgan fingerprint density at radius 1 is 1.19 bits per heavy atom. The molecule has 114 valence electrons. The molecule has 1 N–H and O–H groups in total. The third kappa shape index (κ3) is 2.81. The van der Waals surface area contributed by atoms with E-state index in [9.17, 15) is 13.2 Å². The summed E-state index contributed by atoms with van der Waals surface area (Å²) < 4.78 is 30.1. The number of piperazine rings is 1.